The molecule has 1 fully saturated rings. The third-order valence-electron chi connectivity index (χ3n) is 7.39. The molecule has 0 unspecified atom stereocenters. The molecule has 0 N–H and O–H groups in total. The average Bonchev–Trinajstić information content (AvgIpc) is 3.26. The maximum atomic E-state index is 12.1. The highest BCUT2D eigenvalue weighted by atomic mass is 35.5. The van der Waals surface area contributed by atoms with Gasteiger partial charge in [0.15, 0.2) is 0 Å². The van der Waals surface area contributed by atoms with E-state index in [-0.39, 0.29) is 18.4 Å². The first kappa shape index (κ1) is 28.2. The topological polar surface area (TPSA) is 56.6 Å². The van der Waals surface area contributed by atoms with Gasteiger partial charge in [0, 0.05) is 25.6 Å². The number of likely N-dealkylation sites (tertiary alicyclic amines) is 1. The van der Waals surface area contributed by atoms with Crippen molar-refractivity contribution in [3.63, 3.8) is 0 Å². The van der Waals surface area contributed by atoms with Crippen LogP contribution in [-0.4, -0.2) is 60.4 Å². The van der Waals surface area contributed by atoms with Gasteiger partial charge in [-0.25, -0.2) is 4.98 Å². The van der Waals surface area contributed by atoms with Gasteiger partial charge in [0.1, 0.15) is 5.82 Å². The number of rotatable bonds is 10. The second-order valence-corrected chi connectivity index (χ2v) is 9.99. The van der Waals surface area contributed by atoms with E-state index in [9.17, 15) is 4.79 Å². The molecule has 0 radical (unpaired) electrons. The number of esters is 1. The Morgan fingerprint density at radius 1 is 1.06 bits per heavy atom. The van der Waals surface area contributed by atoms with Crippen LogP contribution in [0.1, 0.15) is 56.5 Å². The van der Waals surface area contributed by atoms with Crippen molar-refractivity contribution in [2.75, 3.05) is 40.0 Å². The van der Waals surface area contributed by atoms with Crippen molar-refractivity contribution in [3.8, 4) is 0 Å². The van der Waals surface area contributed by atoms with Crippen molar-refractivity contribution in [2.45, 2.75) is 57.9 Å². The van der Waals surface area contributed by atoms with E-state index < -0.39 is 5.41 Å². The van der Waals surface area contributed by atoms with E-state index in [0.717, 1.165) is 69.7 Å². The molecule has 0 atom stereocenters. The number of ether oxygens (including phenoxy) is 2. The van der Waals surface area contributed by atoms with Gasteiger partial charge in [-0.1, -0.05) is 36.4 Å². The molecule has 4 rings (SSSR count). The number of carbonyl (C=O) groups excluding carboxylic acids is 1. The number of hydrogen-bond acceptors (Lipinski definition) is 5. The Bertz CT molecular complexity index is 1120. The van der Waals surface area contributed by atoms with Gasteiger partial charge < -0.3 is 18.9 Å². The number of methoxy groups -OCH3 is 1. The van der Waals surface area contributed by atoms with E-state index in [2.05, 4.69) is 58.0 Å². The van der Waals surface area contributed by atoms with E-state index in [1.54, 1.807) is 0 Å². The maximum Gasteiger partial charge on any atom is 0.315 e. The largest absolute Gasteiger partial charge is 0.468 e. The summed E-state index contributed by atoms with van der Waals surface area (Å²) in [5, 5.41) is 0. The standard InChI is InChI=1S/C29H39N3O3.ClH/c1-5-35-21-20-32-26-9-7-6-8-25(26)30-27(32)23-15-18-31(19-16-23)17-14-22-10-12-24(13-11-22)29(2,3)28(33)34-4;/h6-13,23H,5,14-21H2,1-4H3;1H. The first-order valence-corrected chi connectivity index (χ1v) is 12.9. The number of para-hydroxylation sites is 2. The summed E-state index contributed by atoms with van der Waals surface area (Å²) in [6.07, 6.45) is 3.27. The molecular formula is C29H40ClN3O3. The van der Waals surface area contributed by atoms with Crippen LogP contribution in [0.4, 0.5) is 0 Å². The number of nitrogens with zero attached hydrogens (tertiary/aromatic N) is 3. The number of aromatic nitrogens is 2. The van der Waals surface area contributed by atoms with Crippen molar-refractivity contribution in [2.24, 2.45) is 0 Å². The Balaban J connectivity index is 0.00000361. The van der Waals surface area contributed by atoms with Gasteiger partial charge in [-0.2, -0.15) is 0 Å². The van der Waals surface area contributed by atoms with Crippen molar-refractivity contribution < 1.29 is 14.3 Å². The van der Waals surface area contributed by atoms with Crippen LogP contribution in [-0.2, 0) is 32.6 Å². The Labute approximate surface area is 221 Å². The summed E-state index contributed by atoms with van der Waals surface area (Å²) in [4.78, 5) is 19.7. The highest BCUT2D eigenvalue weighted by molar-refractivity contribution is 5.85. The monoisotopic (exact) mass is 513 g/mol. The molecule has 1 aromatic heterocycles. The summed E-state index contributed by atoms with van der Waals surface area (Å²) in [5.41, 5.74) is 3.95. The van der Waals surface area contributed by atoms with Crippen LogP contribution >= 0.6 is 12.4 Å². The second-order valence-electron chi connectivity index (χ2n) is 9.99. The predicted octanol–water partition coefficient (Wildman–Crippen LogP) is 5.37. The van der Waals surface area contributed by atoms with Crippen molar-refractivity contribution >= 4 is 29.4 Å². The van der Waals surface area contributed by atoms with E-state index in [0.29, 0.717) is 5.92 Å². The van der Waals surface area contributed by atoms with Crippen LogP contribution in [0.15, 0.2) is 48.5 Å². The van der Waals surface area contributed by atoms with Crippen LogP contribution in [0.3, 0.4) is 0 Å². The quantitative estimate of drug-likeness (QED) is 0.269. The molecule has 0 amide bonds. The molecule has 3 aromatic rings. The molecule has 1 aliphatic heterocycles. The highest BCUT2D eigenvalue weighted by Crippen LogP contribution is 2.30. The molecular weight excluding hydrogens is 474 g/mol. The molecule has 7 heteroatoms. The number of hydrogen-bond donors (Lipinski definition) is 0. The van der Waals surface area contributed by atoms with Crippen molar-refractivity contribution in [1.82, 2.24) is 14.5 Å². The number of carbonyl (C=O) groups is 1. The zero-order valence-electron chi connectivity index (χ0n) is 22.0. The summed E-state index contributed by atoms with van der Waals surface area (Å²) < 4.78 is 13.0. The van der Waals surface area contributed by atoms with E-state index in [4.69, 9.17) is 14.5 Å². The number of piperidine rings is 1. The molecule has 0 saturated carbocycles. The Morgan fingerprint density at radius 2 is 1.75 bits per heavy atom. The molecule has 36 heavy (non-hydrogen) atoms. The average molecular weight is 514 g/mol. The molecule has 0 bridgehead atoms. The lowest BCUT2D eigenvalue weighted by atomic mass is 9.84. The van der Waals surface area contributed by atoms with Gasteiger partial charge >= 0.3 is 5.97 Å². The molecule has 6 nitrogen and oxygen atoms in total. The lowest BCUT2D eigenvalue weighted by Gasteiger charge is -2.32. The van der Waals surface area contributed by atoms with Crippen LogP contribution in [0.25, 0.3) is 11.0 Å². The fourth-order valence-electron chi connectivity index (χ4n) is 5.10. The summed E-state index contributed by atoms with van der Waals surface area (Å²) >= 11 is 0. The summed E-state index contributed by atoms with van der Waals surface area (Å²) in [5.74, 6) is 1.49. The third kappa shape index (κ3) is 6.28. The third-order valence-corrected chi connectivity index (χ3v) is 7.39. The first-order chi connectivity index (χ1) is 16.9. The van der Waals surface area contributed by atoms with Gasteiger partial charge in [-0.15, -0.1) is 12.4 Å². The zero-order chi connectivity index (χ0) is 24.8. The smallest absolute Gasteiger partial charge is 0.315 e. The van der Waals surface area contributed by atoms with Gasteiger partial charge in [-0.3, -0.25) is 4.79 Å². The first-order valence-electron chi connectivity index (χ1n) is 12.9. The van der Waals surface area contributed by atoms with Gasteiger partial charge in [0.2, 0.25) is 0 Å². The van der Waals surface area contributed by atoms with E-state index >= 15 is 0 Å². The maximum absolute atomic E-state index is 12.1. The molecule has 196 valence electrons. The van der Waals surface area contributed by atoms with Gasteiger partial charge in [-0.05, 0) is 76.4 Å². The Hall–Kier alpha value is -2.41. The van der Waals surface area contributed by atoms with Crippen LogP contribution in [0.2, 0.25) is 0 Å². The van der Waals surface area contributed by atoms with E-state index in [1.807, 2.05) is 20.8 Å². The van der Waals surface area contributed by atoms with Gasteiger partial charge in [0.25, 0.3) is 0 Å². The lowest BCUT2D eigenvalue weighted by molar-refractivity contribution is -0.146. The lowest BCUT2D eigenvalue weighted by Crippen LogP contribution is -2.35. The molecule has 2 aromatic carbocycles. The molecule has 1 saturated heterocycles. The normalized spacial score (nSPS) is 15.1. The SMILES string of the molecule is CCOCCn1c(C2CCN(CCc3ccc(C(C)(C)C(=O)OC)cc3)CC2)nc2ccccc21.Cl. The summed E-state index contributed by atoms with van der Waals surface area (Å²) in [6.45, 7) is 11.4. The second kappa shape index (κ2) is 12.7. The number of imidazole rings is 1. The Morgan fingerprint density at radius 3 is 2.42 bits per heavy atom. The van der Waals surface area contributed by atoms with Gasteiger partial charge in [0.05, 0.1) is 30.2 Å². The number of halogens is 1. The number of fused-ring (bicyclic) bond motifs is 1. The van der Waals surface area contributed by atoms with Crippen LogP contribution in [0.5, 0.6) is 0 Å². The van der Waals surface area contributed by atoms with Crippen LogP contribution in [0, 0.1) is 0 Å². The fourth-order valence-corrected chi connectivity index (χ4v) is 5.10. The Kier molecular flexibility index (Phi) is 9.94. The fraction of sp³-hybridized carbons (Fsp3) is 0.517. The zero-order valence-corrected chi connectivity index (χ0v) is 22.9. The van der Waals surface area contributed by atoms with Crippen LogP contribution < -0.4 is 0 Å². The minimum atomic E-state index is -0.631. The minimum Gasteiger partial charge on any atom is -0.468 e. The molecule has 2 heterocycles. The van der Waals surface area contributed by atoms with E-state index in [1.165, 1.54) is 24.0 Å². The molecule has 1 aliphatic rings. The predicted molar refractivity (Wildman–Crippen MR) is 147 cm³/mol. The minimum absolute atomic E-state index is 0. The molecule has 0 spiro atoms. The highest BCUT2D eigenvalue weighted by Gasteiger charge is 2.30. The number of benzene rings is 2. The summed E-state index contributed by atoms with van der Waals surface area (Å²) in [6, 6.07) is 16.9. The molecule has 0 aliphatic carbocycles. The van der Waals surface area contributed by atoms with Crippen molar-refractivity contribution in [3.05, 3.63) is 65.5 Å². The summed E-state index contributed by atoms with van der Waals surface area (Å²) in [7, 11) is 1.44. The van der Waals surface area contributed by atoms with Crippen molar-refractivity contribution in [1.29, 1.82) is 0 Å².